The van der Waals surface area contributed by atoms with E-state index in [0.717, 1.165) is 5.56 Å². The highest BCUT2D eigenvalue weighted by Crippen LogP contribution is 2.40. The quantitative estimate of drug-likeness (QED) is 0.785. The van der Waals surface area contributed by atoms with E-state index in [2.05, 4.69) is 4.98 Å². The highest BCUT2D eigenvalue weighted by Gasteiger charge is 2.56. The van der Waals surface area contributed by atoms with Crippen molar-refractivity contribution >= 4 is 12.1 Å². The van der Waals surface area contributed by atoms with Gasteiger partial charge in [-0.05, 0) is 38.8 Å². The number of aromatic nitrogens is 1. The van der Waals surface area contributed by atoms with Crippen molar-refractivity contribution in [2.24, 2.45) is 0 Å². The van der Waals surface area contributed by atoms with Gasteiger partial charge < -0.3 is 14.6 Å². The predicted molar refractivity (Wildman–Crippen MR) is 86.9 cm³/mol. The number of rotatable bonds is 4. The third-order valence-electron chi connectivity index (χ3n) is 4.49. The lowest BCUT2D eigenvalue weighted by atomic mass is 9.92. The Bertz CT molecular complexity index is 597. The second kappa shape index (κ2) is 6.89. The molecule has 0 saturated carbocycles. The number of nitrogens with zero attached hydrogens (tertiary/aromatic N) is 2. The molecule has 1 fully saturated rings. The summed E-state index contributed by atoms with van der Waals surface area (Å²) in [5.41, 5.74) is 0.158. The van der Waals surface area contributed by atoms with Crippen molar-refractivity contribution in [3.63, 3.8) is 0 Å². The first-order valence-corrected chi connectivity index (χ1v) is 8.42. The number of quaternary nitrogens is 1. The Kier molecular flexibility index (Phi) is 5.28. The van der Waals surface area contributed by atoms with Crippen LogP contribution in [-0.2, 0) is 9.53 Å². The SMILES string of the molecule is CCC[N+]1(C(=O)OC(C)(C)C)CCC(c2cccnc2)[C@H]1C(=O)[O-]. The maximum atomic E-state index is 12.9. The fourth-order valence-electron chi connectivity index (χ4n) is 3.62. The molecule has 0 radical (unpaired) electrons. The monoisotopic (exact) mass is 334 g/mol. The van der Waals surface area contributed by atoms with Gasteiger partial charge in [0.05, 0.1) is 13.1 Å². The lowest BCUT2D eigenvalue weighted by Gasteiger charge is -2.39. The van der Waals surface area contributed by atoms with Gasteiger partial charge in [0.15, 0.2) is 0 Å². The molecule has 1 aliphatic rings. The number of amides is 1. The fourth-order valence-corrected chi connectivity index (χ4v) is 3.62. The number of carbonyl (C=O) groups excluding carboxylic acids is 2. The molecule has 1 aromatic heterocycles. The second-order valence-corrected chi connectivity index (χ2v) is 7.41. The van der Waals surface area contributed by atoms with E-state index >= 15 is 0 Å². The van der Waals surface area contributed by atoms with Crippen LogP contribution in [0.3, 0.4) is 0 Å². The summed E-state index contributed by atoms with van der Waals surface area (Å²) in [4.78, 5) is 29.0. The third kappa shape index (κ3) is 3.59. The minimum atomic E-state index is -1.21. The number of carbonyl (C=O) groups is 2. The van der Waals surface area contributed by atoms with Gasteiger partial charge in [0.2, 0.25) is 0 Å². The molecule has 3 atom stereocenters. The second-order valence-electron chi connectivity index (χ2n) is 7.41. The van der Waals surface area contributed by atoms with Crippen molar-refractivity contribution in [3.8, 4) is 0 Å². The normalized spacial score (nSPS) is 27.0. The van der Waals surface area contributed by atoms with Gasteiger partial charge in [-0.3, -0.25) is 4.98 Å². The highest BCUT2D eigenvalue weighted by molar-refractivity contribution is 5.75. The summed E-state index contributed by atoms with van der Waals surface area (Å²) in [5, 5.41) is 12.0. The lowest BCUT2D eigenvalue weighted by Crippen LogP contribution is -2.63. The summed E-state index contributed by atoms with van der Waals surface area (Å²) < 4.78 is 5.36. The molecule has 1 amide bonds. The van der Waals surface area contributed by atoms with E-state index < -0.39 is 23.7 Å². The van der Waals surface area contributed by atoms with Gasteiger partial charge in [-0.1, -0.05) is 13.0 Å². The summed E-state index contributed by atoms with van der Waals surface area (Å²) in [6.07, 6.45) is 4.10. The smallest absolute Gasteiger partial charge is 0.517 e. The lowest BCUT2D eigenvalue weighted by molar-refractivity contribution is -0.865. The van der Waals surface area contributed by atoms with Gasteiger partial charge in [0.25, 0.3) is 0 Å². The molecule has 0 aliphatic carbocycles. The van der Waals surface area contributed by atoms with Crippen molar-refractivity contribution in [2.45, 2.75) is 58.1 Å². The van der Waals surface area contributed by atoms with E-state index in [1.807, 2.05) is 13.0 Å². The van der Waals surface area contributed by atoms with Gasteiger partial charge in [0.1, 0.15) is 17.6 Å². The van der Waals surface area contributed by atoms with Crippen LogP contribution in [0.1, 0.15) is 52.0 Å². The first-order chi connectivity index (χ1) is 11.2. The molecule has 132 valence electrons. The maximum absolute atomic E-state index is 12.9. The van der Waals surface area contributed by atoms with Crippen LogP contribution in [0.4, 0.5) is 4.79 Å². The summed E-state index contributed by atoms with van der Waals surface area (Å²) in [6, 6.07) is 2.68. The zero-order chi connectivity index (χ0) is 18.0. The maximum Gasteiger partial charge on any atom is 0.517 e. The fraction of sp³-hybridized carbons (Fsp3) is 0.611. The molecule has 6 heteroatoms. The molecule has 0 aromatic carbocycles. The number of aliphatic carboxylic acids is 1. The van der Waals surface area contributed by atoms with Crippen LogP contribution in [0.15, 0.2) is 24.5 Å². The van der Waals surface area contributed by atoms with Crippen molar-refractivity contribution in [3.05, 3.63) is 30.1 Å². The third-order valence-corrected chi connectivity index (χ3v) is 4.49. The van der Waals surface area contributed by atoms with E-state index in [9.17, 15) is 14.7 Å². The molecule has 0 bridgehead atoms. The average molecular weight is 334 g/mol. The Morgan fingerprint density at radius 2 is 2.12 bits per heavy atom. The average Bonchev–Trinajstić information content (AvgIpc) is 2.88. The molecule has 1 aliphatic heterocycles. The number of ether oxygens (including phenoxy) is 1. The summed E-state index contributed by atoms with van der Waals surface area (Å²) >= 11 is 0. The van der Waals surface area contributed by atoms with Crippen molar-refractivity contribution < 1.29 is 23.9 Å². The zero-order valence-electron chi connectivity index (χ0n) is 14.8. The number of hydrogen-bond donors (Lipinski definition) is 0. The van der Waals surface area contributed by atoms with Crippen LogP contribution < -0.4 is 5.11 Å². The molecule has 0 N–H and O–H groups in total. The van der Waals surface area contributed by atoms with Gasteiger partial charge in [-0.15, -0.1) is 0 Å². The topological polar surface area (TPSA) is 79.3 Å². The number of pyridine rings is 1. The summed E-state index contributed by atoms with van der Waals surface area (Å²) in [7, 11) is 0. The van der Waals surface area contributed by atoms with Gasteiger partial charge >= 0.3 is 6.09 Å². The van der Waals surface area contributed by atoms with Crippen LogP contribution in [0.25, 0.3) is 0 Å². The molecular weight excluding hydrogens is 308 g/mol. The molecule has 1 saturated heterocycles. The standard InChI is InChI=1S/C18H26N2O4/c1-5-10-20(17(23)24-18(2,3)4)11-8-14(15(20)16(21)22)13-7-6-9-19-12-13/h6-7,9,12,14-15H,5,8,10-11H2,1-4H3/t14?,15-,20?/m0/s1. The Hall–Kier alpha value is -1.95. The number of likely N-dealkylation sites (tertiary alicyclic amines) is 1. The highest BCUT2D eigenvalue weighted by atomic mass is 16.6. The molecule has 1 aromatic rings. The summed E-state index contributed by atoms with van der Waals surface area (Å²) in [6.45, 7) is 8.15. The van der Waals surface area contributed by atoms with E-state index in [1.54, 1.807) is 39.2 Å². The molecule has 2 rings (SSSR count). The number of carboxylic acids is 1. The minimum absolute atomic E-state index is 0.213. The van der Waals surface area contributed by atoms with E-state index in [1.165, 1.54) is 0 Å². The Morgan fingerprint density at radius 1 is 1.42 bits per heavy atom. The molecule has 24 heavy (non-hydrogen) atoms. The Morgan fingerprint density at radius 3 is 2.62 bits per heavy atom. The van der Waals surface area contributed by atoms with Crippen molar-refractivity contribution in [1.82, 2.24) is 4.98 Å². The van der Waals surface area contributed by atoms with Crippen LogP contribution in [-0.4, -0.2) is 46.3 Å². The zero-order valence-corrected chi connectivity index (χ0v) is 14.8. The first-order valence-electron chi connectivity index (χ1n) is 8.42. The van der Waals surface area contributed by atoms with E-state index in [-0.39, 0.29) is 10.4 Å². The molecule has 2 heterocycles. The molecule has 6 nitrogen and oxygen atoms in total. The molecule has 0 spiro atoms. The van der Waals surface area contributed by atoms with Gasteiger partial charge in [0, 0.05) is 24.7 Å². The molecular formula is C18H26N2O4. The van der Waals surface area contributed by atoms with E-state index in [0.29, 0.717) is 25.9 Å². The van der Waals surface area contributed by atoms with Crippen LogP contribution in [0.2, 0.25) is 0 Å². The predicted octanol–water partition coefficient (Wildman–Crippen LogP) is 1.85. The Balaban J connectivity index is 2.43. The van der Waals surface area contributed by atoms with Gasteiger partial charge in [-0.2, -0.15) is 4.79 Å². The molecule has 2 unspecified atom stereocenters. The first kappa shape index (κ1) is 18.4. The summed E-state index contributed by atoms with van der Waals surface area (Å²) in [5.74, 6) is -1.51. The largest absolute Gasteiger partial charge is 0.544 e. The minimum Gasteiger partial charge on any atom is -0.544 e. The van der Waals surface area contributed by atoms with Crippen molar-refractivity contribution in [2.75, 3.05) is 13.1 Å². The Labute approximate surface area is 143 Å². The van der Waals surface area contributed by atoms with E-state index in [4.69, 9.17) is 4.74 Å². The van der Waals surface area contributed by atoms with Gasteiger partial charge in [-0.25, -0.2) is 4.48 Å². The van der Waals surface area contributed by atoms with Crippen molar-refractivity contribution in [1.29, 1.82) is 0 Å². The van der Waals surface area contributed by atoms with Crippen LogP contribution in [0.5, 0.6) is 0 Å². The van der Waals surface area contributed by atoms with Crippen LogP contribution in [0, 0.1) is 0 Å². The number of carboxylic acid groups (broad SMARTS) is 1. The van der Waals surface area contributed by atoms with Crippen LogP contribution >= 0.6 is 0 Å². The number of hydrogen-bond acceptors (Lipinski definition) is 5.